The van der Waals surface area contributed by atoms with Gasteiger partial charge in [-0.2, -0.15) is 0 Å². The minimum atomic E-state index is -0.695. The zero-order valence-corrected chi connectivity index (χ0v) is 21.0. The molecule has 3 aromatic rings. The Morgan fingerprint density at radius 3 is 2.66 bits per heavy atom. The number of nitrogens with zero attached hydrogens (tertiary/aromatic N) is 2. The Morgan fingerprint density at radius 1 is 1.16 bits per heavy atom. The lowest BCUT2D eigenvalue weighted by Crippen LogP contribution is -2.45. The molecule has 1 saturated heterocycles. The number of aryl methyl sites for hydroxylation is 1. The number of amides is 1. The summed E-state index contributed by atoms with van der Waals surface area (Å²) >= 11 is 0. The Kier molecular flexibility index (Phi) is 7.03. The zero-order chi connectivity index (χ0) is 27.0. The van der Waals surface area contributed by atoms with Gasteiger partial charge in [0, 0.05) is 43.2 Å². The predicted molar refractivity (Wildman–Crippen MR) is 139 cm³/mol. The van der Waals surface area contributed by atoms with E-state index >= 15 is 0 Å². The van der Waals surface area contributed by atoms with Gasteiger partial charge in [0.1, 0.15) is 18.2 Å². The maximum atomic E-state index is 14.4. The normalized spacial score (nSPS) is 18.5. The van der Waals surface area contributed by atoms with Crippen LogP contribution in [0.3, 0.4) is 0 Å². The van der Waals surface area contributed by atoms with Crippen LogP contribution in [-0.4, -0.2) is 39.7 Å². The quantitative estimate of drug-likeness (QED) is 0.493. The fourth-order valence-electron chi connectivity index (χ4n) is 5.12. The second kappa shape index (κ2) is 10.4. The van der Waals surface area contributed by atoms with Gasteiger partial charge in [-0.1, -0.05) is 36.9 Å². The third-order valence-corrected chi connectivity index (χ3v) is 7.18. The number of carbonyl (C=O) groups is 1. The first-order chi connectivity index (χ1) is 18.2. The van der Waals surface area contributed by atoms with Gasteiger partial charge in [0.2, 0.25) is 5.43 Å². The van der Waals surface area contributed by atoms with Crippen molar-refractivity contribution in [3.8, 4) is 5.75 Å². The van der Waals surface area contributed by atoms with Crippen molar-refractivity contribution in [2.45, 2.75) is 45.1 Å². The van der Waals surface area contributed by atoms with Crippen LogP contribution in [0.4, 0.5) is 8.78 Å². The van der Waals surface area contributed by atoms with Crippen LogP contribution in [0, 0.1) is 18.6 Å². The molecule has 2 bridgehead atoms. The number of fused-ring (bicyclic) bond motifs is 4. The summed E-state index contributed by atoms with van der Waals surface area (Å²) in [7, 11) is 0. The lowest BCUT2D eigenvalue weighted by Gasteiger charge is -2.35. The van der Waals surface area contributed by atoms with Crippen molar-refractivity contribution in [1.29, 1.82) is 0 Å². The van der Waals surface area contributed by atoms with E-state index in [0.717, 1.165) is 11.6 Å². The average Bonchev–Trinajstić information content (AvgIpc) is 3.06. The van der Waals surface area contributed by atoms with Gasteiger partial charge in [0.15, 0.2) is 11.4 Å². The van der Waals surface area contributed by atoms with Gasteiger partial charge < -0.3 is 24.6 Å². The van der Waals surface area contributed by atoms with E-state index in [-0.39, 0.29) is 59.9 Å². The van der Waals surface area contributed by atoms with Crippen LogP contribution in [0.5, 0.6) is 5.75 Å². The van der Waals surface area contributed by atoms with Crippen LogP contribution in [-0.2, 0) is 13.2 Å². The molecule has 2 aliphatic rings. The molecule has 0 spiro atoms. The third-order valence-electron chi connectivity index (χ3n) is 7.18. The number of aromatic nitrogens is 1. The lowest BCUT2D eigenvalue weighted by molar-refractivity contribution is 0.0587. The highest BCUT2D eigenvalue weighted by atomic mass is 19.1. The molecule has 38 heavy (non-hydrogen) atoms. The summed E-state index contributed by atoms with van der Waals surface area (Å²) < 4.78 is 35.7. The molecule has 5 rings (SSSR count). The Balaban J connectivity index is 1.53. The number of aliphatic hydroxyl groups is 1. The highest BCUT2D eigenvalue weighted by molar-refractivity contribution is 5.96. The number of benzene rings is 2. The van der Waals surface area contributed by atoms with Gasteiger partial charge in [0.25, 0.3) is 5.91 Å². The second-order valence-corrected chi connectivity index (χ2v) is 9.84. The molecule has 1 fully saturated rings. The number of nitrogens with one attached hydrogen (secondary N) is 1. The number of halogens is 2. The zero-order valence-electron chi connectivity index (χ0n) is 21.0. The summed E-state index contributed by atoms with van der Waals surface area (Å²) in [6.45, 7) is 6.27. The summed E-state index contributed by atoms with van der Waals surface area (Å²) in [5.41, 5.74) is 1.55. The standard InChI is InChI=1S/C29H29F2N3O4/c1-17-10-20(30)11-25(31)23(17)12-32-18(2)24-15-34-21-8-9-22(35)14-33(13-21)29(37)26(34)28(27(24)36)38-16-19-6-4-3-5-7-19/h3-7,10-11,15,21-22,32,35H,2,8-9,12-14,16H2,1H3/t21-,22?/m0/s1. The molecule has 198 valence electrons. The summed E-state index contributed by atoms with van der Waals surface area (Å²) in [5.74, 6) is -1.83. The highest BCUT2D eigenvalue weighted by Gasteiger charge is 2.38. The minimum Gasteiger partial charge on any atom is -0.483 e. The van der Waals surface area contributed by atoms with E-state index in [1.54, 1.807) is 22.6 Å². The average molecular weight is 522 g/mol. The topological polar surface area (TPSA) is 83.8 Å². The van der Waals surface area contributed by atoms with Crippen LogP contribution in [0.1, 0.15) is 51.6 Å². The molecule has 0 aliphatic carbocycles. The van der Waals surface area contributed by atoms with E-state index in [0.29, 0.717) is 24.9 Å². The van der Waals surface area contributed by atoms with Gasteiger partial charge in [-0.3, -0.25) is 9.59 Å². The summed E-state index contributed by atoms with van der Waals surface area (Å²) in [4.78, 5) is 28.8. The van der Waals surface area contributed by atoms with Gasteiger partial charge in [-0.25, -0.2) is 8.78 Å². The molecule has 1 unspecified atom stereocenters. The molecule has 7 nitrogen and oxygen atoms in total. The largest absolute Gasteiger partial charge is 0.483 e. The van der Waals surface area contributed by atoms with Crippen LogP contribution in [0.2, 0.25) is 0 Å². The van der Waals surface area contributed by atoms with Crippen molar-refractivity contribution >= 4 is 11.6 Å². The summed E-state index contributed by atoms with van der Waals surface area (Å²) in [6.07, 6.45) is 2.06. The number of pyridine rings is 1. The van der Waals surface area contributed by atoms with E-state index in [4.69, 9.17) is 4.74 Å². The molecular weight excluding hydrogens is 492 g/mol. The maximum Gasteiger partial charge on any atom is 0.274 e. The van der Waals surface area contributed by atoms with E-state index in [9.17, 15) is 23.5 Å². The van der Waals surface area contributed by atoms with Crippen LogP contribution < -0.4 is 15.5 Å². The first kappa shape index (κ1) is 25.7. The van der Waals surface area contributed by atoms with Crippen molar-refractivity contribution in [2.75, 3.05) is 13.1 Å². The molecule has 1 amide bonds. The minimum absolute atomic E-state index is 0.0134. The SMILES string of the molecule is C=C(NCc1c(C)cc(F)cc1F)c1cn2c(c(OCc3ccccc3)c1=O)C(=O)N1CC(O)CC[C@H]2C1. The molecular formula is C29H29F2N3O4. The number of carbonyl (C=O) groups excluding carboxylic acids is 1. The molecule has 2 aromatic carbocycles. The fraction of sp³-hybridized carbons (Fsp3) is 0.310. The third kappa shape index (κ3) is 4.93. The summed E-state index contributed by atoms with van der Waals surface area (Å²) in [6, 6.07) is 11.2. The molecule has 9 heteroatoms. The highest BCUT2D eigenvalue weighted by Crippen LogP contribution is 2.33. The van der Waals surface area contributed by atoms with Crippen molar-refractivity contribution < 1.29 is 23.4 Å². The van der Waals surface area contributed by atoms with Crippen molar-refractivity contribution in [3.63, 3.8) is 0 Å². The van der Waals surface area contributed by atoms with E-state index in [1.807, 2.05) is 30.3 Å². The Bertz CT molecular complexity index is 1430. The van der Waals surface area contributed by atoms with E-state index in [2.05, 4.69) is 11.9 Å². The number of hydrogen-bond acceptors (Lipinski definition) is 5. The van der Waals surface area contributed by atoms with Crippen molar-refractivity contribution in [1.82, 2.24) is 14.8 Å². The van der Waals surface area contributed by atoms with E-state index < -0.39 is 23.2 Å². The van der Waals surface area contributed by atoms with Crippen molar-refractivity contribution in [3.05, 3.63) is 105 Å². The monoisotopic (exact) mass is 521 g/mol. The smallest absolute Gasteiger partial charge is 0.274 e. The van der Waals surface area contributed by atoms with Gasteiger partial charge in [-0.05, 0) is 37.0 Å². The Labute approximate surface area is 219 Å². The molecule has 1 aromatic heterocycles. The maximum absolute atomic E-state index is 14.4. The molecule has 0 saturated carbocycles. The van der Waals surface area contributed by atoms with Gasteiger partial charge in [-0.15, -0.1) is 0 Å². The van der Waals surface area contributed by atoms with Crippen molar-refractivity contribution in [2.24, 2.45) is 0 Å². The Morgan fingerprint density at radius 2 is 1.92 bits per heavy atom. The van der Waals surface area contributed by atoms with Crippen LogP contribution >= 0.6 is 0 Å². The van der Waals surface area contributed by atoms with Gasteiger partial charge in [0.05, 0.1) is 17.7 Å². The van der Waals surface area contributed by atoms with Gasteiger partial charge >= 0.3 is 0 Å². The first-order valence-corrected chi connectivity index (χ1v) is 12.5. The Hall–Kier alpha value is -3.98. The molecule has 2 N–H and O–H groups in total. The van der Waals surface area contributed by atoms with E-state index in [1.165, 1.54) is 6.07 Å². The number of hydrogen-bond donors (Lipinski definition) is 2. The number of ether oxygens (including phenoxy) is 1. The fourth-order valence-corrected chi connectivity index (χ4v) is 5.12. The second-order valence-electron chi connectivity index (χ2n) is 9.84. The summed E-state index contributed by atoms with van der Waals surface area (Å²) in [5, 5.41) is 13.3. The molecule has 3 heterocycles. The first-order valence-electron chi connectivity index (χ1n) is 12.5. The number of rotatable bonds is 7. The molecule has 2 aliphatic heterocycles. The molecule has 2 atom stereocenters. The lowest BCUT2D eigenvalue weighted by atomic mass is 10.0. The predicted octanol–water partition coefficient (Wildman–Crippen LogP) is 3.93. The van der Waals surface area contributed by atoms with Crippen LogP contribution in [0.25, 0.3) is 5.70 Å². The number of aliphatic hydroxyl groups excluding tert-OH is 1. The van der Waals surface area contributed by atoms with Crippen LogP contribution in [0.15, 0.2) is 60.0 Å². The molecule has 0 radical (unpaired) electrons.